The minimum Gasteiger partial charge on any atom is -0.379 e. The van der Waals surface area contributed by atoms with Gasteiger partial charge in [-0.2, -0.15) is 0 Å². The highest BCUT2D eigenvalue weighted by Crippen LogP contribution is 2.14. The predicted octanol–water partition coefficient (Wildman–Crippen LogP) is 0.954. The van der Waals surface area contributed by atoms with E-state index in [-0.39, 0.29) is 5.91 Å². The zero-order valence-corrected chi connectivity index (χ0v) is 11.7. The van der Waals surface area contributed by atoms with E-state index < -0.39 is 0 Å². The lowest BCUT2D eigenvalue weighted by Crippen LogP contribution is -2.35. The highest BCUT2D eigenvalue weighted by atomic mass is 32.1. The van der Waals surface area contributed by atoms with Gasteiger partial charge in [0.2, 0.25) is 5.91 Å². The molecule has 2 rings (SSSR count). The van der Waals surface area contributed by atoms with Gasteiger partial charge in [0.05, 0.1) is 32.0 Å². The zero-order chi connectivity index (χ0) is 13.0. The van der Waals surface area contributed by atoms with Gasteiger partial charge in [0.15, 0.2) is 0 Å². The van der Waals surface area contributed by atoms with Crippen LogP contribution in [0.2, 0.25) is 0 Å². The molecule has 0 aromatic carbocycles. The molecule has 6 heteroatoms. The van der Waals surface area contributed by atoms with E-state index in [4.69, 9.17) is 4.74 Å². The molecule has 0 bridgehead atoms. The number of thiazole rings is 1. The Bertz CT molecular complexity index is 402. The molecular weight excluding hydrogens is 250 g/mol. The number of hydrogen-bond donors (Lipinski definition) is 0. The molecule has 0 radical (unpaired) electrons. The molecule has 1 aromatic heterocycles. The van der Waals surface area contributed by atoms with Gasteiger partial charge in [0.25, 0.3) is 0 Å². The summed E-state index contributed by atoms with van der Waals surface area (Å²) < 4.78 is 5.32. The Kier molecular flexibility index (Phi) is 4.68. The van der Waals surface area contributed by atoms with Gasteiger partial charge in [-0.15, -0.1) is 11.3 Å². The van der Waals surface area contributed by atoms with Crippen LogP contribution in [0.25, 0.3) is 0 Å². The lowest BCUT2D eigenvalue weighted by atomic mass is 10.4. The van der Waals surface area contributed by atoms with Crippen molar-refractivity contribution in [3.63, 3.8) is 0 Å². The normalized spacial score (nSPS) is 16.8. The van der Waals surface area contributed by atoms with Crippen LogP contribution in [0.15, 0.2) is 5.38 Å². The summed E-state index contributed by atoms with van der Waals surface area (Å²) >= 11 is 1.67. The van der Waals surface area contributed by atoms with Crippen LogP contribution < -0.4 is 0 Å². The monoisotopic (exact) mass is 269 g/mol. The van der Waals surface area contributed by atoms with Crippen molar-refractivity contribution in [1.29, 1.82) is 0 Å². The number of amides is 1. The molecule has 0 spiro atoms. The van der Waals surface area contributed by atoms with E-state index in [0.29, 0.717) is 6.54 Å². The number of carbonyl (C=O) groups is 1. The van der Waals surface area contributed by atoms with Crippen LogP contribution in [0.4, 0.5) is 0 Å². The van der Waals surface area contributed by atoms with Crippen molar-refractivity contribution < 1.29 is 9.53 Å². The average Bonchev–Trinajstić information content (AvgIpc) is 2.77. The fourth-order valence-electron chi connectivity index (χ4n) is 1.80. The fraction of sp³-hybridized carbons (Fsp3) is 0.667. The van der Waals surface area contributed by atoms with Crippen molar-refractivity contribution >= 4 is 17.2 Å². The molecule has 100 valence electrons. The highest BCUT2D eigenvalue weighted by Gasteiger charge is 2.13. The van der Waals surface area contributed by atoms with E-state index in [0.717, 1.165) is 43.5 Å². The quantitative estimate of drug-likeness (QED) is 0.816. The minimum absolute atomic E-state index is 0.0673. The van der Waals surface area contributed by atoms with E-state index in [1.807, 2.05) is 5.38 Å². The fourth-order valence-corrected chi connectivity index (χ4v) is 2.63. The first-order valence-corrected chi connectivity index (χ1v) is 6.98. The molecule has 1 saturated heterocycles. The summed E-state index contributed by atoms with van der Waals surface area (Å²) in [6, 6.07) is 0. The molecule has 2 heterocycles. The maximum atomic E-state index is 11.2. The molecular formula is C12H19N3O2S. The number of nitrogens with zero attached hydrogens (tertiary/aromatic N) is 3. The lowest BCUT2D eigenvalue weighted by molar-refractivity contribution is -0.128. The van der Waals surface area contributed by atoms with Gasteiger partial charge in [-0.25, -0.2) is 4.98 Å². The van der Waals surface area contributed by atoms with Crippen LogP contribution in [0.5, 0.6) is 0 Å². The molecule has 5 nitrogen and oxygen atoms in total. The standard InChI is InChI=1S/C12H19N3O2S/c1-10(16)14(2)7-11-9-18-12(13-11)8-15-3-5-17-6-4-15/h9H,3-8H2,1-2H3. The Labute approximate surface area is 111 Å². The summed E-state index contributed by atoms with van der Waals surface area (Å²) in [7, 11) is 1.79. The molecule has 1 aromatic rings. The summed E-state index contributed by atoms with van der Waals surface area (Å²) in [6.07, 6.45) is 0. The van der Waals surface area contributed by atoms with E-state index in [1.54, 1.807) is 30.2 Å². The molecule has 0 unspecified atom stereocenters. The first kappa shape index (κ1) is 13.5. The van der Waals surface area contributed by atoms with Crippen molar-refractivity contribution in [3.05, 3.63) is 16.1 Å². The second kappa shape index (κ2) is 6.26. The third kappa shape index (κ3) is 3.76. The van der Waals surface area contributed by atoms with Gasteiger partial charge in [0.1, 0.15) is 5.01 Å². The van der Waals surface area contributed by atoms with E-state index >= 15 is 0 Å². The van der Waals surface area contributed by atoms with Crippen molar-refractivity contribution in [2.75, 3.05) is 33.4 Å². The maximum absolute atomic E-state index is 11.2. The third-order valence-corrected chi connectivity index (χ3v) is 3.88. The van der Waals surface area contributed by atoms with Gasteiger partial charge in [-0.05, 0) is 0 Å². The summed E-state index contributed by atoms with van der Waals surface area (Å²) in [5.41, 5.74) is 0.973. The van der Waals surface area contributed by atoms with Crippen LogP contribution >= 0.6 is 11.3 Å². The number of hydrogen-bond acceptors (Lipinski definition) is 5. The zero-order valence-electron chi connectivity index (χ0n) is 10.9. The minimum atomic E-state index is 0.0673. The molecule has 1 aliphatic heterocycles. The van der Waals surface area contributed by atoms with Gasteiger partial charge in [-0.3, -0.25) is 9.69 Å². The van der Waals surface area contributed by atoms with Gasteiger partial charge in [0, 0.05) is 32.4 Å². The largest absolute Gasteiger partial charge is 0.379 e. The molecule has 18 heavy (non-hydrogen) atoms. The molecule has 0 aliphatic carbocycles. The molecule has 1 fully saturated rings. The Balaban J connectivity index is 1.87. The van der Waals surface area contributed by atoms with Crippen LogP contribution in [0.3, 0.4) is 0 Å². The van der Waals surface area contributed by atoms with Crippen molar-refractivity contribution in [2.45, 2.75) is 20.0 Å². The number of rotatable bonds is 4. The van der Waals surface area contributed by atoms with Crippen LogP contribution in [-0.2, 0) is 22.6 Å². The van der Waals surface area contributed by atoms with E-state index in [2.05, 4.69) is 9.88 Å². The third-order valence-electron chi connectivity index (χ3n) is 3.00. The number of carbonyl (C=O) groups excluding carboxylic acids is 1. The summed E-state index contributed by atoms with van der Waals surface area (Å²) in [5, 5.41) is 3.15. The second-order valence-corrected chi connectivity index (χ2v) is 5.44. The SMILES string of the molecule is CC(=O)N(C)Cc1csc(CN2CCOCC2)n1. The average molecular weight is 269 g/mol. The lowest BCUT2D eigenvalue weighted by Gasteiger charge is -2.25. The molecule has 0 atom stereocenters. The number of morpholine rings is 1. The smallest absolute Gasteiger partial charge is 0.219 e. The first-order valence-electron chi connectivity index (χ1n) is 6.10. The Morgan fingerprint density at radius 1 is 1.56 bits per heavy atom. The van der Waals surface area contributed by atoms with Gasteiger partial charge < -0.3 is 9.64 Å². The Morgan fingerprint density at radius 3 is 2.94 bits per heavy atom. The summed E-state index contributed by atoms with van der Waals surface area (Å²) in [4.78, 5) is 19.7. The molecule has 0 N–H and O–H groups in total. The van der Waals surface area contributed by atoms with Crippen LogP contribution in [-0.4, -0.2) is 54.0 Å². The van der Waals surface area contributed by atoms with Crippen molar-refractivity contribution in [1.82, 2.24) is 14.8 Å². The maximum Gasteiger partial charge on any atom is 0.219 e. The van der Waals surface area contributed by atoms with Crippen LogP contribution in [0.1, 0.15) is 17.6 Å². The Hall–Kier alpha value is -0.980. The van der Waals surface area contributed by atoms with Crippen LogP contribution in [0, 0.1) is 0 Å². The molecule has 1 aliphatic rings. The van der Waals surface area contributed by atoms with Gasteiger partial charge in [-0.1, -0.05) is 0 Å². The second-order valence-electron chi connectivity index (χ2n) is 4.50. The first-order chi connectivity index (χ1) is 8.65. The van der Waals surface area contributed by atoms with E-state index in [9.17, 15) is 4.79 Å². The number of aromatic nitrogens is 1. The summed E-state index contributed by atoms with van der Waals surface area (Å²) in [6.45, 7) is 6.62. The Morgan fingerprint density at radius 2 is 2.28 bits per heavy atom. The van der Waals surface area contributed by atoms with Crippen molar-refractivity contribution in [3.8, 4) is 0 Å². The van der Waals surface area contributed by atoms with E-state index in [1.165, 1.54) is 0 Å². The molecule has 1 amide bonds. The van der Waals surface area contributed by atoms with Crippen molar-refractivity contribution in [2.24, 2.45) is 0 Å². The number of ether oxygens (including phenoxy) is 1. The van der Waals surface area contributed by atoms with Gasteiger partial charge >= 0.3 is 0 Å². The highest BCUT2D eigenvalue weighted by molar-refractivity contribution is 7.09. The summed E-state index contributed by atoms with van der Waals surface area (Å²) in [5.74, 6) is 0.0673. The predicted molar refractivity (Wildman–Crippen MR) is 70.4 cm³/mol. The molecule has 0 saturated carbocycles. The topological polar surface area (TPSA) is 45.7 Å².